The molecule has 0 spiro atoms. The second kappa shape index (κ2) is 8.77. The standard InChI is InChI=1S/C21H26N4O2/c1-16(2)23-20(26)19-14-18(8-9-22-19)21(27)25-12-10-24(11-13-25)15-17-6-4-3-5-7-17/h3-9,14,16H,10-13,15H2,1-2H3,(H,23,26). The molecule has 0 bridgehead atoms. The van der Waals surface area contributed by atoms with E-state index in [4.69, 9.17) is 0 Å². The van der Waals surface area contributed by atoms with Gasteiger partial charge in [0.1, 0.15) is 5.69 Å². The number of hydrogen-bond acceptors (Lipinski definition) is 4. The quantitative estimate of drug-likeness (QED) is 0.881. The van der Waals surface area contributed by atoms with Crippen LogP contribution in [0.15, 0.2) is 48.7 Å². The van der Waals surface area contributed by atoms with Gasteiger partial charge in [0.05, 0.1) is 0 Å². The Hall–Kier alpha value is -2.73. The molecule has 6 heteroatoms. The van der Waals surface area contributed by atoms with E-state index in [1.165, 1.54) is 11.8 Å². The minimum Gasteiger partial charge on any atom is -0.349 e. The van der Waals surface area contributed by atoms with Crippen LogP contribution < -0.4 is 5.32 Å². The zero-order valence-electron chi connectivity index (χ0n) is 15.9. The SMILES string of the molecule is CC(C)NC(=O)c1cc(C(=O)N2CCN(Cc3ccccc3)CC2)ccn1. The van der Waals surface area contributed by atoms with E-state index in [-0.39, 0.29) is 23.6 Å². The van der Waals surface area contributed by atoms with Crippen molar-refractivity contribution in [2.45, 2.75) is 26.4 Å². The van der Waals surface area contributed by atoms with Crippen LogP contribution in [0.25, 0.3) is 0 Å². The fourth-order valence-corrected chi connectivity index (χ4v) is 3.16. The molecule has 1 aromatic carbocycles. The van der Waals surface area contributed by atoms with Gasteiger partial charge in [0.15, 0.2) is 0 Å². The van der Waals surface area contributed by atoms with E-state index < -0.39 is 0 Å². The first-order chi connectivity index (χ1) is 13.0. The van der Waals surface area contributed by atoms with Gasteiger partial charge >= 0.3 is 0 Å². The van der Waals surface area contributed by atoms with Crippen molar-refractivity contribution in [2.75, 3.05) is 26.2 Å². The lowest BCUT2D eigenvalue weighted by Crippen LogP contribution is -2.48. The maximum atomic E-state index is 12.8. The summed E-state index contributed by atoms with van der Waals surface area (Å²) >= 11 is 0. The van der Waals surface area contributed by atoms with Crippen molar-refractivity contribution >= 4 is 11.8 Å². The number of pyridine rings is 1. The highest BCUT2D eigenvalue weighted by atomic mass is 16.2. The smallest absolute Gasteiger partial charge is 0.270 e. The van der Waals surface area contributed by atoms with Crippen molar-refractivity contribution in [3.05, 3.63) is 65.5 Å². The second-order valence-electron chi connectivity index (χ2n) is 7.11. The molecular weight excluding hydrogens is 340 g/mol. The van der Waals surface area contributed by atoms with Crippen molar-refractivity contribution in [3.63, 3.8) is 0 Å². The third kappa shape index (κ3) is 5.14. The van der Waals surface area contributed by atoms with Crippen molar-refractivity contribution < 1.29 is 9.59 Å². The molecular formula is C21H26N4O2. The summed E-state index contributed by atoms with van der Waals surface area (Å²) in [6, 6.07) is 13.6. The van der Waals surface area contributed by atoms with Crippen molar-refractivity contribution in [1.29, 1.82) is 0 Å². The Morgan fingerprint density at radius 3 is 2.44 bits per heavy atom. The summed E-state index contributed by atoms with van der Waals surface area (Å²) < 4.78 is 0. The number of benzene rings is 1. The van der Waals surface area contributed by atoms with Crippen molar-refractivity contribution in [1.82, 2.24) is 20.1 Å². The highest BCUT2D eigenvalue weighted by Crippen LogP contribution is 2.12. The number of carbonyl (C=O) groups excluding carboxylic acids is 2. The van der Waals surface area contributed by atoms with E-state index in [1.54, 1.807) is 12.1 Å². The topological polar surface area (TPSA) is 65.5 Å². The average molecular weight is 366 g/mol. The molecule has 0 atom stereocenters. The van der Waals surface area contributed by atoms with Gasteiger partial charge < -0.3 is 10.2 Å². The number of piperazine rings is 1. The minimum absolute atomic E-state index is 0.0244. The van der Waals surface area contributed by atoms with Gasteiger partial charge in [-0.05, 0) is 31.5 Å². The summed E-state index contributed by atoms with van der Waals surface area (Å²) in [6.07, 6.45) is 1.52. The number of nitrogens with zero attached hydrogens (tertiary/aromatic N) is 3. The van der Waals surface area contributed by atoms with E-state index in [1.807, 2.05) is 36.9 Å². The molecule has 27 heavy (non-hydrogen) atoms. The molecule has 1 aromatic heterocycles. The zero-order chi connectivity index (χ0) is 19.2. The van der Waals surface area contributed by atoms with Crippen LogP contribution in [0.1, 0.15) is 40.3 Å². The highest BCUT2D eigenvalue weighted by Gasteiger charge is 2.23. The second-order valence-corrected chi connectivity index (χ2v) is 7.11. The van der Waals surface area contributed by atoms with Gasteiger partial charge in [-0.15, -0.1) is 0 Å². The molecule has 2 aromatic rings. The molecule has 6 nitrogen and oxygen atoms in total. The van der Waals surface area contributed by atoms with E-state index in [0.717, 1.165) is 19.6 Å². The van der Waals surface area contributed by atoms with E-state index >= 15 is 0 Å². The van der Waals surface area contributed by atoms with Gasteiger partial charge in [-0.1, -0.05) is 30.3 Å². The lowest BCUT2D eigenvalue weighted by molar-refractivity contribution is 0.0628. The largest absolute Gasteiger partial charge is 0.349 e. The number of aromatic nitrogens is 1. The number of carbonyl (C=O) groups is 2. The number of amides is 2. The third-order valence-corrected chi connectivity index (χ3v) is 4.57. The molecule has 1 aliphatic rings. The van der Waals surface area contributed by atoms with Crippen LogP contribution in [-0.4, -0.2) is 58.8 Å². The van der Waals surface area contributed by atoms with E-state index in [9.17, 15) is 9.59 Å². The van der Waals surface area contributed by atoms with Crippen molar-refractivity contribution in [2.24, 2.45) is 0 Å². The van der Waals surface area contributed by atoms with Crippen molar-refractivity contribution in [3.8, 4) is 0 Å². The molecule has 3 rings (SSSR count). The molecule has 2 amide bonds. The lowest BCUT2D eigenvalue weighted by Gasteiger charge is -2.34. The number of nitrogens with one attached hydrogen (secondary N) is 1. The molecule has 0 unspecified atom stereocenters. The predicted octanol–water partition coefficient (Wildman–Crippen LogP) is 2.18. The number of hydrogen-bond donors (Lipinski definition) is 1. The lowest BCUT2D eigenvalue weighted by atomic mass is 10.1. The molecule has 0 aliphatic carbocycles. The molecule has 0 radical (unpaired) electrons. The Bertz CT molecular complexity index is 784. The maximum Gasteiger partial charge on any atom is 0.270 e. The third-order valence-electron chi connectivity index (χ3n) is 4.57. The van der Waals surface area contributed by atoms with Gasteiger partial charge in [0.25, 0.3) is 11.8 Å². The Morgan fingerprint density at radius 2 is 1.78 bits per heavy atom. The predicted molar refractivity (Wildman–Crippen MR) is 104 cm³/mol. The van der Waals surface area contributed by atoms with Gasteiger partial charge in [0, 0.05) is 50.5 Å². The van der Waals surface area contributed by atoms with E-state index in [0.29, 0.717) is 18.7 Å². The highest BCUT2D eigenvalue weighted by molar-refractivity contribution is 5.98. The molecule has 2 heterocycles. The Labute approximate surface area is 160 Å². The fraction of sp³-hybridized carbons (Fsp3) is 0.381. The summed E-state index contributed by atoms with van der Waals surface area (Å²) in [5, 5.41) is 2.80. The first kappa shape index (κ1) is 19.0. The zero-order valence-corrected chi connectivity index (χ0v) is 15.9. The van der Waals surface area contributed by atoms with Crippen LogP contribution in [0, 0.1) is 0 Å². The molecule has 1 aliphatic heterocycles. The first-order valence-corrected chi connectivity index (χ1v) is 9.35. The summed E-state index contributed by atoms with van der Waals surface area (Å²) in [7, 11) is 0. The Balaban J connectivity index is 1.58. The molecule has 1 N–H and O–H groups in total. The fourth-order valence-electron chi connectivity index (χ4n) is 3.16. The van der Waals surface area contributed by atoms with Crippen LogP contribution in [0.2, 0.25) is 0 Å². The normalized spacial score (nSPS) is 15.0. The van der Waals surface area contributed by atoms with Crippen LogP contribution in [0.4, 0.5) is 0 Å². The summed E-state index contributed by atoms with van der Waals surface area (Å²) in [6.45, 7) is 7.73. The van der Waals surface area contributed by atoms with Crippen LogP contribution in [-0.2, 0) is 6.54 Å². The summed E-state index contributed by atoms with van der Waals surface area (Å²) in [5.74, 6) is -0.303. The first-order valence-electron chi connectivity index (χ1n) is 9.35. The summed E-state index contributed by atoms with van der Waals surface area (Å²) in [5.41, 5.74) is 2.07. The van der Waals surface area contributed by atoms with Gasteiger partial charge in [-0.25, -0.2) is 0 Å². The van der Waals surface area contributed by atoms with Gasteiger partial charge in [0.2, 0.25) is 0 Å². The number of rotatable bonds is 5. The van der Waals surface area contributed by atoms with Crippen LogP contribution in [0.5, 0.6) is 0 Å². The Morgan fingerprint density at radius 1 is 1.07 bits per heavy atom. The van der Waals surface area contributed by atoms with E-state index in [2.05, 4.69) is 27.3 Å². The molecule has 142 valence electrons. The molecule has 1 fully saturated rings. The molecule has 0 saturated carbocycles. The van der Waals surface area contributed by atoms with Crippen LogP contribution >= 0.6 is 0 Å². The van der Waals surface area contributed by atoms with Gasteiger partial charge in [-0.2, -0.15) is 0 Å². The Kier molecular flexibility index (Phi) is 6.19. The summed E-state index contributed by atoms with van der Waals surface area (Å²) in [4.78, 5) is 33.2. The maximum absolute atomic E-state index is 12.8. The average Bonchev–Trinajstić information content (AvgIpc) is 2.68. The van der Waals surface area contributed by atoms with Gasteiger partial charge in [-0.3, -0.25) is 19.5 Å². The minimum atomic E-state index is -0.257. The van der Waals surface area contributed by atoms with Crippen LogP contribution in [0.3, 0.4) is 0 Å². The molecule has 1 saturated heterocycles. The monoisotopic (exact) mass is 366 g/mol.